The molecule has 0 bridgehead atoms. The maximum Gasteiger partial charge on any atom is 0.305 e. The molecule has 3 aromatic rings. The number of rotatable bonds is 1. The first-order valence-electron chi connectivity index (χ1n) is 5.29. The molecule has 0 saturated heterocycles. The average Bonchev–Trinajstić information content (AvgIpc) is 2.68. The standard InChI is InChI=1S/C13H10N2OS/c1-8-12(17-13(16)15-8)10-6-7-14-11-5-3-2-4-9(10)11/h2-7H,1H3,(H,15,16). The average molecular weight is 242 g/mol. The number of hydrogen-bond donors (Lipinski definition) is 1. The molecule has 4 heteroatoms. The number of nitrogens with one attached hydrogen (secondary N) is 1. The Labute approximate surface area is 102 Å². The van der Waals surface area contributed by atoms with Gasteiger partial charge in [-0.1, -0.05) is 29.5 Å². The number of hydrogen-bond acceptors (Lipinski definition) is 3. The van der Waals surface area contributed by atoms with Crippen molar-refractivity contribution in [2.24, 2.45) is 0 Å². The highest BCUT2D eigenvalue weighted by atomic mass is 32.1. The first kappa shape index (κ1) is 10.2. The van der Waals surface area contributed by atoms with E-state index in [0.717, 1.165) is 27.0 Å². The second-order valence-corrected chi connectivity index (χ2v) is 4.83. The summed E-state index contributed by atoms with van der Waals surface area (Å²) < 4.78 is 0. The summed E-state index contributed by atoms with van der Waals surface area (Å²) in [5.41, 5.74) is 2.93. The van der Waals surface area contributed by atoms with E-state index in [1.54, 1.807) is 6.20 Å². The summed E-state index contributed by atoms with van der Waals surface area (Å²) in [7, 11) is 0. The van der Waals surface area contributed by atoms with E-state index < -0.39 is 0 Å². The van der Waals surface area contributed by atoms with Gasteiger partial charge in [0.05, 0.1) is 10.4 Å². The highest BCUT2D eigenvalue weighted by Gasteiger charge is 2.09. The molecule has 0 unspecified atom stereocenters. The Balaban J connectivity index is 2.38. The van der Waals surface area contributed by atoms with Crippen LogP contribution in [0.5, 0.6) is 0 Å². The summed E-state index contributed by atoms with van der Waals surface area (Å²) in [4.78, 5) is 19.5. The third-order valence-corrected chi connectivity index (χ3v) is 3.74. The molecule has 3 rings (SSSR count). The number of pyridine rings is 1. The lowest BCUT2D eigenvalue weighted by atomic mass is 10.1. The van der Waals surface area contributed by atoms with Gasteiger partial charge in [-0.2, -0.15) is 0 Å². The van der Waals surface area contributed by atoms with Crippen LogP contribution < -0.4 is 4.87 Å². The number of para-hydroxylation sites is 1. The fraction of sp³-hybridized carbons (Fsp3) is 0.0769. The van der Waals surface area contributed by atoms with Crippen LogP contribution in [-0.4, -0.2) is 9.97 Å². The molecule has 0 saturated carbocycles. The predicted molar refractivity (Wildman–Crippen MR) is 70.4 cm³/mol. The van der Waals surface area contributed by atoms with Crippen molar-refractivity contribution in [3.05, 3.63) is 51.9 Å². The highest BCUT2D eigenvalue weighted by Crippen LogP contribution is 2.30. The number of H-pyrrole nitrogens is 1. The largest absolute Gasteiger partial charge is 0.316 e. The molecule has 84 valence electrons. The van der Waals surface area contributed by atoms with E-state index in [2.05, 4.69) is 9.97 Å². The molecule has 3 nitrogen and oxygen atoms in total. The lowest BCUT2D eigenvalue weighted by Gasteiger charge is -2.03. The van der Waals surface area contributed by atoms with Gasteiger partial charge in [0, 0.05) is 22.8 Å². The molecule has 0 aliphatic heterocycles. The van der Waals surface area contributed by atoms with Crippen LogP contribution in [0.15, 0.2) is 41.3 Å². The molecule has 0 amide bonds. The Morgan fingerprint density at radius 1 is 1.24 bits per heavy atom. The molecule has 1 aromatic carbocycles. The van der Waals surface area contributed by atoms with Crippen molar-refractivity contribution in [2.75, 3.05) is 0 Å². The fourth-order valence-corrected chi connectivity index (χ4v) is 2.84. The number of aromatic nitrogens is 2. The minimum atomic E-state index is -0.0154. The van der Waals surface area contributed by atoms with Gasteiger partial charge in [-0.05, 0) is 19.1 Å². The molecule has 0 radical (unpaired) electrons. The molecule has 0 aliphatic rings. The summed E-state index contributed by atoms with van der Waals surface area (Å²) in [6.45, 7) is 1.92. The van der Waals surface area contributed by atoms with E-state index in [1.165, 1.54) is 11.3 Å². The lowest BCUT2D eigenvalue weighted by Crippen LogP contribution is -1.91. The van der Waals surface area contributed by atoms with Crippen LogP contribution in [0.1, 0.15) is 5.69 Å². The van der Waals surface area contributed by atoms with Crippen molar-refractivity contribution in [3.63, 3.8) is 0 Å². The van der Waals surface area contributed by atoms with E-state index >= 15 is 0 Å². The van der Waals surface area contributed by atoms with Crippen molar-refractivity contribution >= 4 is 22.2 Å². The van der Waals surface area contributed by atoms with Crippen LogP contribution in [0.2, 0.25) is 0 Å². The quantitative estimate of drug-likeness (QED) is 0.713. The number of aromatic amines is 1. The molecular weight excluding hydrogens is 232 g/mol. The Hall–Kier alpha value is -1.94. The number of benzene rings is 1. The summed E-state index contributed by atoms with van der Waals surface area (Å²) in [6, 6.07) is 9.91. The Morgan fingerprint density at radius 2 is 2.06 bits per heavy atom. The van der Waals surface area contributed by atoms with Crippen LogP contribution in [0, 0.1) is 6.92 Å². The Bertz CT molecular complexity index is 737. The van der Waals surface area contributed by atoms with E-state index in [9.17, 15) is 4.79 Å². The van der Waals surface area contributed by atoms with E-state index in [0.29, 0.717) is 0 Å². The summed E-state index contributed by atoms with van der Waals surface area (Å²) in [6.07, 6.45) is 1.78. The minimum absolute atomic E-state index is 0.0154. The third kappa shape index (κ3) is 1.66. The van der Waals surface area contributed by atoms with E-state index in [4.69, 9.17) is 0 Å². The number of fused-ring (bicyclic) bond motifs is 1. The maximum absolute atomic E-state index is 11.4. The zero-order chi connectivity index (χ0) is 11.8. The summed E-state index contributed by atoms with van der Waals surface area (Å²) in [5, 5.41) is 1.08. The zero-order valence-electron chi connectivity index (χ0n) is 9.23. The number of nitrogens with zero attached hydrogens (tertiary/aromatic N) is 1. The molecule has 17 heavy (non-hydrogen) atoms. The van der Waals surface area contributed by atoms with Gasteiger partial charge in [0.25, 0.3) is 0 Å². The minimum Gasteiger partial charge on any atom is -0.316 e. The molecule has 2 aromatic heterocycles. The molecular formula is C13H10N2OS. The van der Waals surface area contributed by atoms with Crippen LogP contribution in [0.25, 0.3) is 21.3 Å². The van der Waals surface area contributed by atoms with Gasteiger partial charge >= 0.3 is 4.87 Å². The smallest absolute Gasteiger partial charge is 0.305 e. The van der Waals surface area contributed by atoms with Gasteiger partial charge in [0.1, 0.15) is 0 Å². The zero-order valence-corrected chi connectivity index (χ0v) is 10.0. The van der Waals surface area contributed by atoms with Gasteiger partial charge in [-0.3, -0.25) is 9.78 Å². The Kier molecular flexibility index (Phi) is 2.30. The SMILES string of the molecule is Cc1[nH]c(=O)sc1-c1ccnc2ccccc12. The van der Waals surface area contributed by atoms with Gasteiger partial charge in [-0.15, -0.1) is 0 Å². The first-order valence-corrected chi connectivity index (χ1v) is 6.11. The van der Waals surface area contributed by atoms with E-state index in [-0.39, 0.29) is 4.87 Å². The predicted octanol–water partition coefficient (Wildman–Crippen LogP) is 2.96. The molecule has 2 heterocycles. The van der Waals surface area contributed by atoms with Crippen molar-refractivity contribution in [3.8, 4) is 10.4 Å². The Morgan fingerprint density at radius 3 is 2.82 bits per heavy atom. The van der Waals surface area contributed by atoms with Gasteiger partial charge < -0.3 is 4.98 Å². The van der Waals surface area contributed by atoms with Crippen LogP contribution in [-0.2, 0) is 0 Å². The van der Waals surface area contributed by atoms with Gasteiger partial charge in [0.2, 0.25) is 0 Å². The normalized spacial score (nSPS) is 10.9. The van der Waals surface area contributed by atoms with E-state index in [1.807, 2.05) is 37.3 Å². The third-order valence-electron chi connectivity index (χ3n) is 2.72. The topological polar surface area (TPSA) is 45.8 Å². The molecule has 0 aliphatic carbocycles. The van der Waals surface area contributed by atoms with Crippen LogP contribution in [0.4, 0.5) is 0 Å². The second kappa shape index (κ2) is 3.82. The number of thiazole rings is 1. The summed E-state index contributed by atoms with van der Waals surface area (Å²) >= 11 is 1.24. The molecule has 0 atom stereocenters. The van der Waals surface area contributed by atoms with Crippen molar-refractivity contribution < 1.29 is 0 Å². The number of aryl methyl sites for hydroxylation is 1. The molecule has 1 N–H and O–H groups in total. The lowest BCUT2D eigenvalue weighted by molar-refractivity contribution is 1.22. The molecule has 0 spiro atoms. The van der Waals surface area contributed by atoms with Crippen LogP contribution >= 0.6 is 11.3 Å². The summed E-state index contributed by atoms with van der Waals surface area (Å²) in [5.74, 6) is 0. The van der Waals surface area contributed by atoms with Gasteiger partial charge in [-0.25, -0.2) is 0 Å². The molecule has 0 fully saturated rings. The van der Waals surface area contributed by atoms with Crippen molar-refractivity contribution in [2.45, 2.75) is 6.92 Å². The van der Waals surface area contributed by atoms with Crippen LogP contribution in [0.3, 0.4) is 0 Å². The maximum atomic E-state index is 11.4. The first-order chi connectivity index (χ1) is 8.25. The second-order valence-electron chi connectivity index (χ2n) is 3.84. The fourth-order valence-electron chi connectivity index (χ4n) is 1.96. The van der Waals surface area contributed by atoms with Gasteiger partial charge in [0.15, 0.2) is 0 Å². The monoisotopic (exact) mass is 242 g/mol. The highest BCUT2D eigenvalue weighted by molar-refractivity contribution is 7.13. The van der Waals surface area contributed by atoms with Crippen molar-refractivity contribution in [1.82, 2.24) is 9.97 Å². The van der Waals surface area contributed by atoms with Crippen molar-refractivity contribution in [1.29, 1.82) is 0 Å².